The molecule has 2 rings (SSSR count). The highest BCUT2D eigenvalue weighted by Gasteiger charge is 2.29. The third-order valence-corrected chi connectivity index (χ3v) is 3.73. The molecule has 2 unspecified atom stereocenters. The fraction of sp³-hybridized carbons (Fsp3) is 0.538. The van der Waals surface area contributed by atoms with Crippen LogP contribution in [0.4, 0.5) is 5.69 Å². The third-order valence-electron chi connectivity index (χ3n) is 3.43. The molecule has 1 aliphatic rings. The monoisotopic (exact) mass is 252 g/mol. The van der Waals surface area contributed by atoms with Gasteiger partial charge >= 0.3 is 0 Å². The number of hydrogen-bond donors (Lipinski definition) is 1. The first-order valence-electron chi connectivity index (χ1n) is 6.01. The zero-order valence-corrected chi connectivity index (χ0v) is 10.9. The number of pyridine rings is 1. The Morgan fingerprint density at radius 1 is 1.53 bits per heavy atom. The summed E-state index contributed by atoms with van der Waals surface area (Å²) < 4.78 is 0. The van der Waals surface area contributed by atoms with E-state index in [1.807, 2.05) is 13.0 Å². The number of carbonyl (C=O) groups excluding carboxylic acids is 1. The predicted octanol–water partition coefficient (Wildman–Crippen LogP) is 3.42. The highest BCUT2D eigenvalue weighted by atomic mass is 35.5. The normalized spacial score (nSPS) is 23.7. The molecule has 0 saturated heterocycles. The van der Waals surface area contributed by atoms with Crippen molar-refractivity contribution in [3.8, 4) is 0 Å². The Morgan fingerprint density at radius 2 is 2.29 bits per heavy atom. The van der Waals surface area contributed by atoms with E-state index in [4.69, 9.17) is 11.6 Å². The summed E-state index contributed by atoms with van der Waals surface area (Å²) in [6, 6.07) is 1.85. The third kappa shape index (κ3) is 2.78. The van der Waals surface area contributed by atoms with Gasteiger partial charge in [0.15, 0.2) is 5.15 Å². The summed E-state index contributed by atoms with van der Waals surface area (Å²) in [5.41, 5.74) is 1.61. The van der Waals surface area contributed by atoms with Crippen LogP contribution < -0.4 is 5.32 Å². The fourth-order valence-corrected chi connectivity index (χ4v) is 2.55. The van der Waals surface area contributed by atoms with Crippen molar-refractivity contribution < 1.29 is 4.79 Å². The highest BCUT2D eigenvalue weighted by Crippen LogP contribution is 2.32. The molecule has 1 saturated carbocycles. The van der Waals surface area contributed by atoms with Crippen LogP contribution in [0.15, 0.2) is 12.3 Å². The van der Waals surface area contributed by atoms with Gasteiger partial charge in [-0.05, 0) is 37.3 Å². The number of aryl methyl sites for hydroxylation is 1. The van der Waals surface area contributed by atoms with Crippen molar-refractivity contribution in [2.24, 2.45) is 11.8 Å². The lowest BCUT2D eigenvalue weighted by atomic mass is 9.97. The maximum absolute atomic E-state index is 12.1. The molecule has 1 amide bonds. The van der Waals surface area contributed by atoms with E-state index in [1.165, 1.54) is 0 Å². The van der Waals surface area contributed by atoms with Crippen molar-refractivity contribution in [2.75, 3.05) is 5.32 Å². The minimum atomic E-state index is 0.0734. The summed E-state index contributed by atoms with van der Waals surface area (Å²) >= 11 is 5.96. The van der Waals surface area contributed by atoms with Crippen LogP contribution in [0, 0.1) is 18.8 Å². The fourth-order valence-electron chi connectivity index (χ4n) is 2.40. The van der Waals surface area contributed by atoms with Crippen LogP contribution in [0.2, 0.25) is 5.15 Å². The van der Waals surface area contributed by atoms with Crippen LogP contribution in [0.1, 0.15) is 31.7 Å². The second-order valence-electron chi connectivity index (χ2n) is 4.85. The number of hydrogen-bond acceptors (Lipinski definition) is 2. The quantitative estimate of drug-likeness (QED) is 0.820. The molecule has 2 atom stereocenters. The first kappa shape index (κ1) is 12.4. The summed E-state index contributed by atoms with van der Waals surface area (Å²) in [6.07, 6.45) is 4.94. The minimum absolute atomic E-state index is 0.0734. The van der Waals surface area contributed by atoms with Crippen molar-refractivity contribution in [3.05, 3.63) is 23.0 Å². The van der Waals surface area contributed by atoms with Crippen LogP contribution in [0.3, 0.4) is 0 Å². The van der Waals surface area contributed by atoms with Crippen LogP contribution >= 0.6 is 11.6 Å². The first-order chi connectivity index (χ1) is 8.08. The summed E-state index contributed by atoms with van der Waals surface area (Å²) in [4.78, 5) is 16.1. The second-order valence-corrected chi connectivity index (χ2v) is 5.21. The Balaban J connectivity index is 2.10. The average molecular weight is 253 g/mol. The van der Waals surface area contributed by atoms with Gasteiger partial charge in [0.2, 0.25) is 5.91 Å². The molecular formula is C13H17ClN2O. The Morgan fingerprint density at radius 3 is 2.94 bits per heavy atom. The maximum atomic E-state index is 12.1. The van der Waals surface area contributed by atoms with E-state index in [-0.39, 0.29) is 11.8 Å². The largest absolute Gasteiger partial charge is 0.323 e. The van der Waals surface area contributed by atoms with Crippen molar-refractivity contribution in [3.63, 3.8) is 0 Å². The molecule has 3 nitrogen and oxygen atoms in total. The smallest absolute Gasteiger partial charge is 0.227 e. The van der Waals surface area contributed by atoms with Gasteiger partial charge < -0.3 is 5.32 Å². The number of amides is 1. The Kier molecular flexibility index (Phi) is 3.67. The van der Waals surface area contributed by atoms with Gasteiger partial charge in [-0.2, -0.15) is 0 Å². The van der Waals surface area contributed by atoms with Gasteiger partial charge in [-0.3, -0.25) is 4.79 Å². The standard InChI is InChI=1S/C13H17ClN2O/c1-8-6-11(12(14)15-7-8)16-13(17)10-5-3-4-9(10)2/h6-7,9-10H,3-5H2,1-2H3,(H,16,17). The molecule has 0 spiro atoms. The van der Waals surface area contributed by atoms with Crippen molar-refractivity contribution in [1.29, 1.82) is 0 Å². The van der Waals surface area contributed by atoms with E-state index in [2.05, 4.69) is 17.2 Å². The molecule has 0 aliphatic heterocycles. The topological polar surface area (TPSA) is 42.0 Å². The van der Waals surface area contributed by atoms with Gasteiger partial charge in [0.05, 0.1) is 5.69 Å². The number of rotatable bonds is 2. The van der Waals surface area contributed by atoms with Crippen LogP contribution in [-0.2, 0) is 4.79 Å². The number of anilines is 1. The van der Waals surface area contributed by atoms with Gasteiger partial charge in [0, 0.05) is 12.1 Å². The van der Waals surface area contributed by atoms with Crippen molar-refractivity contribution in [1.82, 2.24) is 4.98 Å². The van der Waals surface area contributed by atoms with Crippen molar-refractivity contribution >= 4 is 23.2 Å². The van der Waals surface area contributed by atoms with Crippen LogP contribution in [0.5, 0.6) is 0 Å². The zero-order valence-electron chi connectivity index (χ0n) is 10.2. The van der Waals surface area contributed by atoms with Gasteiger partial charge in [0.25, 0.3) is 0 Å². The molecule has 0 aromatic carbocycles. The first-order valence-corrected chi connectivity index (χ1v) is 6.38. The Labute approximate surface area is 107 Å². The molecule has 1 N–H and O–H groups in total. The van der Waals surface area contributed by atoms with E-state index in [0.29, 0.717) is 16.8 Å². The lowest BCUT2D eigenvalue weighted by Gasteiger charge is -2.15. The Bertz CT molecular complexity index is 433. The number of aromatic nitrogens is 1. The molecule has 1 fully saturated rings. The zero-order chi connectivity index (χ0) is 12.4. The summed E-state index contributed by atoms with van der Waals surface area (Å²) in [7, 11) is 0. The SMILES string of the molecule is Cc1cnc(Cl)c(NC(=O)C2CCCC2C)c1. The van der Waals surface area contributed by atoms with Gasteiger partial charge in [-0.1, -0.05) is 24.9 Å². The van der Waals surface area contributed by atoms with E-state index >= 15 is 0 Å². The number of carbonyl (C=O) groups is 1. The summed E-state index contributed by atoms with van der Waals surface area (Å²) in [6.45, 7) is 4.06. The lowest BCUT2D eigenvalue weighted by molar-refractivity contribution is -0.120. The molecule has 1 aromatic rings. The van der Waals surface area contributed by atoms with E-state index in [1.54, 1.807) is 6.20 Å². The molecule has 4 heteroatoms. The summed E-state index contributed by atoms with van der Waals surface area (Å²) in [5, 5.41) is 3.25. The Hall–Kier alpha value is -1.09. The van der Waals surface area contributed by atoms with Crippen LogP contribution in [-0.4, -0.2) is 10.9 Å². The number of nitrogens with zero attached hydrogens (tertiary/aromatic N) is 1. The van der Waals surface area contributed by atoms with Gasteiger partial charge in [-0.25, -0.2) is 4.98 Å². The second kappa shape index (κ2) is 5.05. The molecule has 17 heavy (non-hydrogen) atoms. The molecule has 1 aliphatic carbocycles. The van der Waals surface area contributed by atoms with Crippen LogP contribution in [0.25, 0.3) is 0 Å². The maximum Gasteiger partial charge on any atom is 0.227 e. The van der Waals surface area contributed by atoms with E-state index in [0.717, 1.165) is 24.8 Å². The minimum Gasteiger partial charge on any atom is -0.323 e. The number of nitrogens with one attached hydrogen (secondary N) is 1. The summed E-state index contributed by atoms with van der Waals surface area (Å²) in [5.74, 6) is 0.655. The van der Waals surface area contributed by atoms with Gasteiger partial charge in [0.1, 0.15) is 0 Å². The van der Waals surface area contributed by atoms with E-state index in [9.17, 15) is 4.79 Å². The molecular weight excluding hydrogens is 236 g/mol. The van der Waals surface area contributed by atoms with Crippen molar-refractivity contribution in [2.45, 2.75) is 33.1 Å². The molecule has 0 bridgehead atoms. The molecule has 92 valence electrons. The molecule has 1 aromatic heterocycles. The highest BCUT2D eigenvalue weighted by molar-refractivity contribution is 6.32. The predicted molar refractivity (Wildman–Crippen MR) is 69.1 cm³/mol. The van der Waals surface area contributed by atoms with Gasteiger partial charge in [-0.15, -0.1) is 0 Å². The average Bonchev–Trinajstić information content (AvgIpc) is 2.70. The molecule has 0 radical (unpaired) electrons. The van der Waals surface area contributed by atoms with E-state index < -0.39 is 0 Å². The lowest BCUT2D eigenvalue weighted by Crippen LogP contribution is -2.24. The molecule has 1 heterocycles. The number of halogens is 1.